The number of nitrogens with two attached hydrogens (primary N) is 1. The van der Waals surface area contributed by atoms with Gasteiger partial charge in [-0.15, -0.1) is 0 Å². The van der Waals surface area contributed by atoms with Gasteiger partial charge in [0.25, 0.3) is 0 Å². The van der Waals surface area contributed by atoms with Gasteiger partial charge in [0.1, 0.15) is 23.7 Å². The van der Waals surface area contributed by atoms with E-state index in [9.17, 15) is 9.50 Å². The molecule has 0 aliphatic carbocycles. The van der Waals surface area contributed by atoms with Crippen molar-refractivity contribution >= 4 is 39.7 Å². The van der Waals surface area contributed by atoms with Gasteiger partial charge in [-0.2, -0.15) is 0 Å². The van der Waals surface area contributed by atoms with Crippen LogP contribution < -0.4 is 11.1 Å². The summed E-state index contributed by atoms with van der Waals surface area (Å²) in [4.78, 5) is 8.21. The number of fused-ring (bicyclic) bond motifs is 1. The second kappa shape index (κ2) is 5.06. The van der Waals surface area contributed by atoms with Gasteiger partial charge in [0, 0.05) is 11.8 Å². The first-order valence-electron chi connectivity index (χ1n) is 6.00. The van der Waals surface area contributed by atoms with Gasteiger partial charge in [0.05, 0.1) is 21.6 Å². The maximum Gasteiger partial charge on any atom is 0.143 e. The van der Waals surface area contributed by atoms with E-state index in [-0.39, 0.29) is 5.75 Å². The lowest BCUT2D eigenvalue weighted by atomic mass is 10.2. The first-order chi connectivity index (χ1) is 10.0. The summed E-state index contributed by atoms with van der Waals surface area (Å²) in [6.45, 7) is 0. The molecule has 3 aromatic rings. The quantitative estimate of drug-likeness (QED) is 0.499. The van der Waals surface area contributed by atoms with E-state index in [4.69, 9.17) is 17.3 Å². The minimum absolute atomic E-state index is 0.228. The Bertz CT molecular complexity index is 841. The highest BCUT2D eigenvalue weighted by atomic mass is 35.5. The minimum Gasteiger partial charge on any atom is -0.506 e. The molecule has 0 aliphatic rings. The van der Waals surface area contributed by atoms with E-state index in [0.717, 1.165) is 6.07 Å². The average Bonchev–Trinajstić information content (AvgIpc) is 2.41. The number of aromatic hydroxyl groups is 1. The summed E-state index contributed by atoms with van der Waals surface area (Å²) in [5.41, 5.74) is 7.09. The van der Waals surface area contributed by atoms with Gasteiger partial charge >= 0.3 is 0 Å². The van der Waals surface area contributed by atoms with Gasteiger partial charge in [-0.05, 0) is 24.3 Å². The number of hydrogen-bond acceptors (Lipinski definition) is 5. The summed E-state index contributed by atoms with van der Waals surface area (Å²) in [5.74, 6) is -0.364. The van der Waals surface area contributed by atoms with Crippen molar-refractivity contribution in [1.82, 2.24) is 9.97 Å². The van der Waals surface area contributed by atoms with Crippen LogP contribution in [-0.2, 0) is 0 Å². The molecule has 5 nitrogen and oxygen atoms in total. The van der Waals surface area contributed by atoms with Gasteiger partial charge in [-0.1, -0.05) is 11.6 Å². The van der Waals surface area contributed by atoms with Crippen molar-refractivity contribution in [2.24, 2.45) is 0 Å². The highest BCUT2D eigenvalue weighted by Gasteiger charge is 2.11. The van der Waals surface area contributed by atoms with Crippen molar-refractivity contribution in [3.05, 3.63) is 47.5 Å². The molecule has 4 N–H and O–H groups in total. The fourth-order valence-corrected chi connectivity index (χ4v) is 2.31. The van der Waals surface area contributed by atoms with E-state index in [2.05, 4.69) is 15.3 Å². The molecule has 1 aromatic heterocycles. The highest BCUT2D eigenvalue weighted by Crippen LogP contribution is 2.33. The predicted octanol–water partition coefficient (Wildman–Crippen LogP) is 3.45. The molecule has 0 saturated carbocycles. The normalized spacial score (nSPS) is 10.8. The summed E-state index contributed by atoms with van der Waals surface area (Å²) >= 11 is 6.18. The Morgan fingerprint density at radius 1 is 1.19 bits per heavy atom. The maximum atomic E-state index is 13.0. The zero-order valence-corrected chi connectivity index (χ0v) is 11.4. The lowest BCUT2D eigenvalue weighted by Gasteiger charge is -2.11. The number of benzene rings is 2. The number of aromatic nitrogens is 2. The number of phenols is 1. The zero-order valence-electron chi connectivity index (χ0n) is 10.6. The number of nitrogen functional groups attached to an aromatic ring is 1. The Balaban J connectivity index is 2.12. The van der Waals surface area contributed by atoms with Gasteiger partial charge in [-0.25, -0.2) is 14.4 Å². The van der Waals surface area contributed by atoms with Crippen molar-refractivity contribution in [2.75, 3.05) is 11.1 Å². The first-order valence-corrected chi connectivity index (χ1v) is 6.37. The van der Waals surface area contributed by atoms with Crippen LogP contribution in [0, 0.1) is 5.82 Å². The molecule has 2 aromatic carbocycles. The lowest BCUT2D eigenvalue weighted by molar-refractivity contribution is 0.471. The Hall–Kier alpha value is -2.60. The molecular weight excluding hydrogens is 295 g/mol. The van der Waals surface area contributed by atoms with Crippen molar-refractivity contribution < 1.29 is 9.50 Å². The molecular formula is C14H10ClFN4O. The predicted molar refractivity (Wildman–Crippen MR) is 80.3 cm³/mol. The summed E-state index contributed by atoms with van der Waals surface area (Å²) < 4.78 is 13.0. The second-order valence-corrected chi connectivity index (χ2v) is 4.81. The fourth-order valence-electron chi connectivity index (χ4n) is 1.99. The molecule has 21 heavy (non-hydrogen) atoms. The number of nitrogens with zero attached hydrogens (tertiary/aromatic N) is 2. The second-order valence-electron chi connectivity index (χ2n) is 4.41. The number of anilines is 3. The molecule has 0 radical (unpaired) electrons. The summed E-state index contributed by atoms with van der Waals surface area (Å²) in [5, 5.41) is 13.6. The topological polar surface area (TPSA) is 84.1 Å². The van der Waals surface area contributed by atoms with Crippen LogP contribution in [0.3, 0.4) is 0 Å². The molecule has 7 heteroatoms. The van der Waals surface area contributed by atoms with Crippen molar-refractivity contribution in [1.29, 1.82) is 0 Å². The van der Waals surface area contributed by atoms with Crippen LogP contribution in [0.15, 0.2) is 36.7 Å². The van der Waals surface area contributed by atoms with Crippen molar-refractivity contribution in [3.8, 4) is 5.75 Å². The van der Waals surface area contributed by atoms with Crippen molar-refractivity contribution in [3.63, 3.8) is 0 Å². The molecule has 0 saturated heterocycles. The van der Waals surface area contributed by atoms with E-state index in [1.54, 1.807) is 12.1 Å². The van der Waals surface area contributed by atoms with Gasteiger partial charge in [-0.3, -0.25) is 0 Å². The number of nitrogens with one attached hydrogen (secondary N) is 1. The molecule has 0 aliphatic heterocycles. The molecule has 0 atom stereocenters. The average molecular weight is 305 g/mol. The van der Waals surface area contributed by atoms with Crippen LogP contribution in [0.1, 0.15) is 0 Å². The van der Waals surface area contributed by atoms with Crippen molar-refractivity contribution in [2.45, 2.75) is 0 Å². The van der Waals surface area contributed by atoms with Crippen LogP contribution >= 0.6 is 11.6 Å². The summed E-state index contributed by atoms with van der Waals surface area (Å²) in [6, 6.07) is 6.89. The van der Waals surface area contributed by atoms with E-state index in [1.165, 1.54) is 18.5 Å². The Morgan fingerprint density at radius 3 is 2.76 bits per heavy atom. The first kappa shape index (κ1) is 13.4. The zero-order chi connectivity index (χ0) is 15.0. The molecule has 0 unspecified atom stereocenters. The molecule has 0 bridgehead atoms. The molecule has 0 spiro atoms. The van der Waals surface area contributed by atoms with E-state index in [0.29, 0.717) is 33.1 Å². The fraction of sp³-hybridized carbons (Fsp3) is 0. The Labute approximate surface area is 124 Å². The largest absolute Gasteiger partial charge is 0.506 e. The van der Waals surface area contributed by atoms with Gasteiger partial charge < -0.3 is 16.2 Å². The number of phenolic OH excluding ortho intramolecular Hbond substituents is 1. The monoisotopic (exact) mass is 304 g/mol. The van der Waals surface area contributed by atoms with E-state index in [1.807, 2.05) is 0 Å². The molecule has 0 fully saturated rings. The lowest BCUT2D eigenvalue weighted by Crippen LogP contribution is -1.98. The molecule has 3 rings (SSSR count). The van der Waals surface area contributed by atoms with Gasteiger partial charge in [0.2, 0.25) is 0 Å². The summed E-state index contributed by atoms with van der Waals surface area (Å²) in [6.07, 6.45) is 1.35. The smallest absolute Gasteiger partial charge is 0.143 e. The van der Waals surface area contributed by atoms with Crippen LogP contribution in [0.5, 0.6) is 5.75 Å². The minimum atomic E-state index is -0.531. The van der Waals surface area contributed by atoms with Gasteiger partial charge in [0.15, 0.2) is 0 Å². The van der Waals surface area contributed by atoms with E-state index >= 15 is 0 Å². The number of halogens is 2. The van der Waals surface area contributed by atoms with Crippen LogP contribution in [0.4, 0.5) is 21.6 Å². The third kappa shape index (κ3) is 2.53. The standard InChI is InChI=1S/C14H10ClFN4O/c15-9-4-8(17)5-11-13(9)14(19-6-18-11)20-10-2-1-7(16)3-12(10)21/h1-6,21H,17H2,(H,18,19,20). The van der Waals surface area contributed by atoms with Crippen LogP contribution in [0.2, 0.25) is 5.02 Å². The summed E-state index contributed by atoms with van der Waals surface area (Å²) in [7, 11) is 0. The SMILES string of the molecule is Nc1cc(Cl)c2c(Nc3ccc(F)cc3O)ncnc2c1. The highest BCUT2D eigenvalue weighted by molar-refractivity contribution is 6.36. The third-order valence-electron chi connectivity index (χ3n) is 2.93. The Morgan fingerprint density at radius 2 is 2.00 bits per heavy atom. The molecule has 0 amide bonds. The van der Waals surface area contributed by atoms with Crippen LogP contribution in [-0.4, -0.2) is 15.1 Å². The number of hydrogen-bond donors (Lipinski definition) is 3. The molecule has 1 heterocycles. The Kier molecular flexibility index (Phi) is 3.23. The maximum absolute atomic E-state index is 13.0. The van der Waals surface area contributed by atoms with Crippen LogP contribution in [0.25, 0.3) is 10.9 Å². The molecule has 106 valence electrons. The number of rotatable bonds is 2. The van der Waals surface area contributed by atoms with E-state index < -0.39 is 5.82 Å². The third-order valence-corrected chi connectivity index (χ3v) is 3.22.